The fourth-order valence-electron chi connectivity index (χ4n) is 3.17. The van der Waals surface area contributed by atoms with E-state index in [0.717, 1.165) is 54.5 Å². The van der Waals surface area contributed by atoms with Gasteiger partial charge in [0, 0.05) is 28.8 Å². The number of fused-ring (bicyclic) bond motifs is 1. The highest BCUT2D eigenvalue weighted by Gasteiger charge is 2.23. The SMILES string of the molecule is Fc1ccc(-n2nc(-c3ccc(Cl)cc3)c3c2NCCCC3)c(F)c1. The van der Waals surface area contributed by atoms with Crippen molar-refractivity contribution in [2.45, 2.75) is 19.3 Å². The molecule has 0 unspecified atom stereocenters. The predicted molar refractivity (Wildman–Crippen MR) is 95.4 cm³/mol. The number of halogens is 3. The minimum atomic E-state index is -0.640. The van der Waals surface area contributed by atoms with Crippen molar-refractivity contribution >= 4 is 17.4 Å². The molecule has 0 fully saturated rings. The lowest BCUT2D eigenvalue weighted by molar-refractivity contribution is 0.574. The average Bonchev–Trinajstić information content (AvgIpc) is 2.78. The van der Waals surface area contributed by atoms with Gasteiger partial charge in [0.2, 0.25) is 0 Å². The summed E-state index contributed by atoms with van der Waals surface area (Å²) in [6.07, 6.45) is 2.90. The average molecular weight is 360 g/mol. The highest BCUT2D eigenvalue weighted by molar-refractivity contribution is 6.30. The molecule has 2 heterocycles. The van der Waals surface area contributed by atoms with Crippen LogP contribution < -0.4 is 5.32 Å². The van der Waals surface area contributed by atoms with E-state index in [2.05, 4.69) is 10.4 Å². The van der Waals surface area contributed by atoms with Crippen molar-refractivity contribution in [3.05, 3.63) is 64.7 Å². The number of benzene rings is 2. The van der Waals surface area contributed by atoms with Gasteiger partial charge in [-0.1, -0.05) is 23.7 Å². The largest absolute Gasteiger partial charge is 0.370 e. The van der Waals surface area contributed by atoms with Crippen LogP contribution in [-0.4, -0.2) is 16.3 Å². The number of hydrogen-bond acceptors (Lipinski definition) is 2. The third kappa shape index (κ3) is 3.00. The minimum Gasteiger partial charge on any atom is -0.370 e. The van der Waals surface area contributed by atoms with E-state index >= 15 is 0 Å². The number of hydrogen-bond donors (Lipinski definition) is 1. The van der Waals surface area contributed by atoms with Crippen LogP contribution in [0.3, 0.4) is 0 Å². The Morgan fingerprint density at radius 2 is 1.84 bits per heavy atom. The van der Waals surface area contributed by atoms with Crippen molar-refractivity contribution in [2.24, 2.45) is 0 Å². The van der Waals surface area contributed by atoms with E-state index in [0.29, 0.717) is 5.02 Å². The lowest BCUT2D eigenvalue weighted by atomic mass is 10.0. The Kier molecular flexibility index (Phi) is 4.17. The molecule has 128 valence electrons. The molecule has 0 atom stereocenters. The number of nitrogens with zero attached hydrogens (tertiary/aromatic N) is 2. The summed E-state index contributed by atoms with van der Waals surface area (Å²) in [5.74, 6) is -0.475. The van der Waals surface area contributed by atoms with Gasteiger partial charge in [0.05, 0.1) is 5.69 Å². The van der Waals surface area contributed by atoms with Crippen molar-refractivity contribution in [3.63, 3.8) is 0 Å². The fourth-order valence-corrected chi connectivity index (χ4v) is 3.30. The van der Waals surface area contributed by atoms with Gasteiger partial charge in [-0.05, 0) is 43.5 Å². The lowest BCUT2D eigenvalue weighted by Gasteiger charge is -2.10. The van der Waals surface area contributed by atoms with Gasteiger partial charge in [-0.25, -0.2) is 13.5 Å². The molecule has 25 heavy (non-hydrogen) atoms. The Morgan fingerprint density at radius 1 is 1.04 bits per heavy atom. The van der Waals surface area contributed by atoms with E-state index in [1.165, 1.54) is 12.1 Å². The standard InChI is InChI=1S/C19H16ClF2N3/c20-13-6-4-12(5-7-13)18-15-3-1-2-10-23-19(15)25(24-18)17-9-8-14(21)11-16(17)22/h4-9,11,23H,1-3,10H2. The summed E-state index contributed by atoms with van der Waals surface area (Å²) in [6.45, 7) is 0.793. The van der Waals surface area contributed by atoms with Gasteiger partial charge in [0.25, 0.3) is 0 Å². The molecule has 0 saturated heterocycles. The molecule has 2 aromatic carbocycles. The first kappa shape index (κ1) is 16.1. The van der Waals surface area contributed by atoms with Gasteiger partial charge in [-0.3, -0.25) is 0 Å². The summed E-state index contributed by atoms with van der Waals surface area (Å²) in [5, 5.41) is 8.64. The topological polar surface area (TPSA) is 29.9 Å². The first-order valence-corrected chi connectivity index (χ1v) is 8.58. The first-order valence-electron chi connectivity index (χ1n) is 8.20. The Labute approximate surface area is 149 Å². The molecule has 0 bridgehead atoms. The van der Waals surface area contributed by atoms with E-state index in [9.17, 15) is 8.78 Å². The fraction of sp³-hybridized carbons (Fsp3) is 0.211. The zero-order valence-electron chi connectivity index (χ0n) is 13.4. The van der Waals surface area contributed by atoms with E-state index in [-0.39, 0.29) is 5.69 Å². The molecule has 0 amide bonds. The first-order chi connectivity index (χ1) is 12.1. The third-order valence-corrected chi connectivity index (χ3v) is 4.64. The van der Waals surface area contributed by atoms with Crippen LogP contribution in [0.5, 0.6) is 0 Å². The second-order valence-electron chi connectivity index (χ2n) is 6.07. The van der Waals surface area contributed by atoms with E-state index < -0.39 is 11.6 Å². The third-order valence-electron chi connectivity index (χ3n) is 4.39. The Balaban J connectivity index is 1.91. The highest BCUT2D eigenvalue weighted by atomic mass is 35.5. The zero-order valence-corrected chi connectivity index (χ0v) is 14.2. The number of aromatic nitrogens is 2. The van der Waals surface area contributed by atoms with Crippen LogP contribution in [0.25, 0.3) is 16.9 Å². The molecule has 0 saturated carbocycles. The molecule has 0 radical (unpaired) electrons. The zero-order chi connectivity index (χ0) is 17.4. The summed E-state index contributed by atoms with van der Waals surface area (Å²) >= 11 is 5.98. The molecule has 4 rings (SSSR count). The Hall–Kier alpha value is -2.40. The summed E-state index contributed by atoms with van der Waals surface area (Å²) in [5.41, 5.74) is 2.99. The lowest BCUT2D eigenvalue weighted by Crippen LogP contribution is -2.08. The normalized spacial score (nSPS) is 13.9. The molecule has 1 aliphatic heterocycles. The van der Waals surface area contributed by atoms with Crippen LogP contribution in [0.4, 0.5) is 14.6 Å². The Morgan fingerprint density at radius 3 is 2.60 bits per heavy atom. The molecule has 0 spiro atoms. The van der Waals surface area contributed by atoms with Crippen LogP contribution >= 0.6 is 11.6 Å². The number of rotatable bonds is 2. The second-order valence-corrected chi connectivity index (χ2v) is 6.51. The summed E-state index contributed by atoms with van der Waals surface area (Å²) in [7, 11) is 0. The molecule has 3 aromatic rings. The maximum Gasteiger partial charge on any atom is 0.151 e. The smallest absolute Gasteiger partial charge is 0.151 e. The predicted octanol–water partition coefficient (Wildman–Crippen LogP) is 5.22. The van der Waals surface area contributed by atoms with Crippen molar-refractivity contribution < 1.29 is 8.78 Å². The quantitative estimate of drug-likeness (QED) is 0.680. The summed E-state index contributed by atoms with van der Waals surface area (Å²) in [6, 6.07) is 11.0. The van der Waals surface area contributed by atoms with Gasteiger partial charge in [0.15, 0.2) is 5.82 Å². The molecular formula is C19H16ClF2N3. The molecule has 3 nitrogen and oxygen atoms in total. The van der Waals surface area contributed by atoms with Crippen molar-refractivity contribution in [3.8, 4) is 16.9 Å². The van der Waals surface area contributed by atoms with Crippen LogP contribution in [-0.2, 0) is 6.42 Å². The van der Waals surface area contributed by atoms with Crippen LogP contribution in [0.15, 0.2) is 42.5 Å². The maximum absolute atomic E-state index is 14.3. The van der Waals surface area contributed by atoms with Gasteiger partial charge < -0.3 is 5.32 Å². The minimum absolute atomic E-state index is 0.229. The molecule has 1 aromatic heterocycles. The summed E-state index contributed by atoms with van der Waals surface area (Å²) < 4.78 is 29.1. The number of anilines is 1. The van der Waals surface area contributed by atoms with Gasteiger partial charge in [0.1, 0.15) is 17.3 Å². The summed E-state index contributed by atoms with van der Waals surface area (Å²) in [4.78, 5) is 0. The van der Waals surface area contributed by atoms with Gasteiger partial charge in [-0.2, -0.15) is 5.10 Å². The van der Waals surface area contributed by atoms with E-state index in [1.54, 1.807) is 4.68 Å². The monoisotopic (exact) mass is 359 g/mol. The molecular weight excluding hydrogens is 344 g/mol. The van der Waals surface area contributed by atoms with Gasteiger partial charge >= 0.3 is 0 Å². The van der Waals surface area contributed by atoms with Crippen LogP contribution in [0.1, 0.15) is 18.4 Å². The molecule has 1 aliphatic rings. The van der Waals surface area contributed by atoms with E-state index in [1.807, 2.05) is 24.3 Å². The van der Waals surface area contributed by atoms with Crippen LogP contribution in [0.2, 0.25) is 5.02 Å². The van der Waals surface area contributed by atoms with Crippen molar-refractivity contribution in [2.75, 3.05) is 11.9 Å². The van der Waals surface area contributed by atoms with Crippen LogP contribution in [0, 0.1) is 11.6 Å². The van der Waals surface area contributed by atoms with E-state index in [4.69, 9.17) is 11.6 Å². The van der Waals surface area contributed by atoms with Crippen molar-refractivity contribution in [1.29, 1.82) is 0 Å². The van der Waals surface area contributed by atoms with Gasteiger partial charge in [-0.15, -0.1) is 0 Å². The molecule has 0 aliphatic carbocycles. The van der Waals surface area contributed by atoms with Crippen molar-refractivity contribution in [1.82, 2.24) is 9.78 Å². The molecule has 6 heteroatoms. The second kappa shape index (κ2) is 6.48. The molecule has 1 N–H and O–H groups in total. The highest BCUT2D eigenvalue weighted by Crippen LogP contribution is 2.34. The number of nitrogens with one attached hydrogen (secondary N) is 1. The maximum atomic E-state index is 14.3. The Bertz CT molecular complexity index is 919.